The van der Waals surface area contributed by atoms with E-state index in [-0.39, 0.29) is 0 Å². The highest BCUT2D eigenvalue weighted by molar-refractivity contribution is 4.84. The Morgan fingerprint density at radius 1 is 0.567 bits per heavy atom. The predicted molar refractivity (Wildman–Crippen MR) is 133 cm³/mol. The van der Waals surface area contributed by atoms with Gasteiger partial charge in [-0.05, 0) is 32.1 Å². The van der Waals surface area contributed by atoms with Gasteiger partial charge in [0.05, 0.1) is 13.1 Å². The molecule has 1 aromatic rings. The number of aromatic nitrogens is 2. The second-order valence-electron chi connectivity index (χ2n) is 9.51. The first-order valence-corrected chi connectivity index (χ1v) is 13.9. The Morgan fingerprint density at radius 2 is 1.03 bits per heavy atom. The minimum atomic E-state index is 1.21. The molecule has 1 rings (SSSR count). The van der Waals surface area contributed by atoms with Gasteiger partial charge in [0.2, 0.25) is 0 Å². The third kappa shape index (κ3) is 13.5. The van der Waals surface area contributed by atoms with E-state index in [0.717, 1.165) is 0 Å². The molecule has 0 saturated carbocycles. The lowest BCUT2D eigenvalue weighted by molar-refractivity contribution is -0.704. The zero-order valence-corrected chi connectivity index (χ0v) is 21.1. The van der Waals surface area contributed by atoms with Crippen LogP contribution in [0, 0.1) is 0 Å². The summed E-state index contributed by atoms with van der Waals surface area (Å²) in [5.41, 5.74) is 0. The molecule has 0 radical (unpaired) electrons. The van der Waals surface area contributed by atoms with Crippen molar-refractivity contribution in [2.45, 2.75) is 162 Å². The average molecular weight is 420 g/mol. The fourth-order valence-electron chi connectivity index (χ4n) is 4.56. The number of aryl methyl sites for hydroxylation is 2. The molecule has 0 unspecified atom stereocenters. The van der Waals surface area contributed by atoms with Crippen LogP contribution < -0.4 is 4.57 Å². The van der Waals surface area contributed by atoms with Crippen molar-refractivity contribution in [2.24, 2.45) is 0 Å². The first kappa shape index (κ1) is 27.2. The highest BCUT2D eigenvalue weighted by atomic mass is 15.1. The quantitative estimate of drug-likeness (QED) is 0.131. The Balaban J connectivity index is 2.33. The molecule has 0 aliphatic heterocycles. The van der Waals surface area contributed by atoms with E-state index >= 15 is 0 Å². The molecule has 0 N–H and O–H groups in total. The van der Waals surface area contributed by atoms with Gasteiger partial charge in [0.15, 0.2) is 0 Å². The van der Waals surface area contributed by atoms with E-state index in [4.69, 9.17) is 0 Å². The van der Waals surface area contributed by atoms with E-state index in [1.54, 1.807) is 5.82 Å². The van der Waals surface area contributed by atoms with E-state index in [1.165, 1.54) is 142 Å². The molecule has 2 nitrogen and oxygen atoms in total. The molecule has 0 aliphatic rings. The third-order valence-electron chi connectivity index (χ3n) is 6.60. The van der Waals surface area contributed by atoms with Crippen molar-refractivity contribution in [3.05, 3.63) is 18.2 Å². The maximum Gasteiger partial charge on any atom is 0.256 e. The number of hydrogen-bond acceptors (Lipinski definition) is 0. The molecule has 0 fully saturated rings. The van der Waals surface area contributed by atoms with Gasteiger partial charge in [0.1, 0.15) is 12.4 Å². The fraction of sp³-hybridized carbons (Fsp3) is 0.893. The molecule has 0 atom stereocenters. The number of imidazole rings is 1. The van der Waals surface area contributed by atoms with Crippen molar-refractivity contribution in [2.75, 3.05) is 0 Å². The zero-order chi connectivity index (χ0) is 21.7. The molecule has 0 spiro atoms. The molecule has 176 valence electrons. The summed E-state index contributed by atoms with van der Waals surface area (Å²) in [4.78, 5) is 0. The standard InChI is InChI=1S/C28H55N2/c1-4-7-10-12-14-15-17-19-22-25-30-27-26-29(24-21-9-6-3)28(30)23-20-18-16-13-11-8-5-2/h26-27H,4-25H2,1-3H3/q+1. The summed E-state index contributed by atoms with van der Waals surface area (Å²) < 4.78 is 5.16. The van der Waals surface area contributed by atoms with Gasteiger partial charge in [-0.1, -0.05) is 111 Å². The maximum atomic E-state index is 2.59. The molecule has 0 saturated heterocycles. The monoisotopic (exact) mass is 419 g/mol. The number of nitrogens with zero attached hydrogens (tertiary/aromatic N) is 2. The average Bonchev–Trinajstić information content (AvgIpc) is 3.13. The van der Waals surface area contributed by atoms with Gasteiger partial charge in [-0.25, -0.2) is 9.13 Å². The minimum Gasteiger partial charge on any atom is -0.234 e. The Kier molecular flexibility index (Phi) is 18.3. The second kappa shape index (κ2) is 20.1. The van der Waals surface area contributed by atoms with Crippen molar-refractivity contribution in [3.8, 4) is 0 Å². The van der Waals surface area contributed by atoms with Crippen molar-refractivity contribution >= 4 is 0 Å². The maximum absolute atomic E-state index is 2.59. The topological polar surface area (TPSA) is 8.81 Å². The van der Waals surface area contributed by atoms with E-state index in [9.17, 15) is 0 Å². The molecule has 1 aromatic heterocycles. The van der Waals surface area contributed by atoms with Crippen LogP contribution in [0.5, 0.6) is 0 Å². The minimum absolute atomic E-state index is 1.21. The molecular weight excluding hydrogens is 364 g/mol. The van der Waals surface area contributed by atoms with Gasteiger partial charge < -0.3 is 0 Å². The van der Waals surface area contributed by atoms with Gasteiger partial charge in [-0.15, -0.1) is 0 Å². The fourth-order valence-corrected chi connectivity index (χ4v) is 4.56. The van der Waals surface area contributed by atoms with Crippen molar-refractivity contribution in [1.29, 1.82) is 0 Å². The van der Waals surface area contributed by atoms with E-state index < -0.39 is 0 Å². The number of hydrogen-bond donors (Lipinski definition) is 0. The zero-order valence-electron chi connectivity index (χ0n) is 21.1. The molecule has 2 heteroatoms. The largest absolute Gasteiger partial charge is 0.256 e. The van der Waals surface area contributed by atoms with E-state index in [0.29, 0.717) is 0 Å². The van der Waals surface area contributed by atoms with Crippen molar-refractivity contribution < 1.29 is 4.57 Å². The van der Waals surface area contributed by atoms with Gasteiger partial charge >= 0.3 is 0 Å². The summed E-state index contributed by atoms with van der Waals surface area (Å²) in [7, 11) is 0. The van der Waals surface area contributed by atoms with Crippen LogP contribution in [0.15, 0.2) is 12.4 Å². The van der Waals surface area contributed by atoms with Crippen LogP contribution >= 0.6 is 0 Å². The van der Waals surface area contributed by atoms with Crippen LogP contribution in [0.2, 0.25) is 0 Å². The first-order chi connectivity index (χ1) is 14.8. The molecule has 30 heavy (non-hydrogen) atoms. The molecular formula is C28H55N2+. The van der Waals surface area contributed by atoms with Crippen LogP contribution in [-0.4, -0.2) is 4.57 Å². The summed E-state index contributed by atoms with van der Waals surface area (Å²) in [6.07, 6.45) is 32.6. The van der Waals surface area contributed by atoms with E-state index in [1.807, 2.05) is 0 Å². The van der Waals surface area contributed by atoms with E-state index in [2.05, 4.69) is 42.3 Å². The summed E-state index contributed by atoms with van der Waals surface area (Å²) in [5, 5.41) is 0. The predicted octanol–water partition coefficient (Wildman–Crippen LogP) is 8.79. The highest BCUT2D eigenvalue weighted by Gasteiger charge is 2.16. The van der Waals surface area contributed by atoms with Crippen LogP contribution in [-0.2, 0) is 19.5 Å². The molecule has 0 amide bonds. The van der Waals surface area contributed by atoms with Crippen LogP contribution in [0.4, 0.5) is 0 Å². The lowest BCUT2D eigenvalue weighted by Crippen LogP contribution is -2.37. The SMILES string of the molecule is CCCCCCCCCCCn1cc[n+](CCCCC)c1CCCCCCCCC. The van der Waals surface area contributed by atoms with Crippen LogP contribution in [0.25, 0.3) is 0 Å². The van der Waals surface area contributed by atoms with Gasteiger partial charge in [-0.2, -0.15) is 0 Å². The van der Waals surface area contributed by atoms with Gasteiger partial charge in [0, 0.05) is 6.42 Å². The number of unbranched alkanes of at least 4 members (excludes halogenated alkanes) is 16. The Bertz CT molecular complexity index is 477. The Hall–Kier alpha value is -0.790. The summed E-state index contributed by atoms with van der Waals surface area (Å²) in [6.45, 7) is 9.35. The molecule has 0 aliphatic carbocycles. The Labute approximate surface area is 189 Å². The van der Waals surface area contributed by atoms with Crippen LogP contribution in [0.1, 0.15) is 149 Å². The molecule has 0 bridgehead atoms. The van der Waals surface area contributed by atoms with Crippen molar-refractivity contribution in [1.82, 2.24) is 4.57 Å². The summed E-state index contributed by atoms with van der Waals surface area (Å²) >= 11 is 0. The second-order valence-corrected chi connectivity index (χ2v) is 9.51. The van der Waals surface area contributed by atoms with Crippen molar-refractivity contribution in [3.63, 3.8) is 0 Å². The number of rotatable bonds is 22. The molecule has 1 heterocycles. The van der Waals surface area contributed by atoms with Gasteiger partial charge in [0.25, 0.3) is 5.82 Å². The highest BCUT2D eigenvalue weighted by Crippen LogP contribution is 2.13. The van der Waals surface area contributed by atoms with Gasteiger partial charge in [-0.3, -0.25) is 0 Å². The molecule has 0 aromatic carbocycles. The summed E-state index contributed by atoms with van der Waals surface area (Å²) in [6, 6.07) is 0. The summed E-state index contributed by atoms with van der Waals surface area (Å²) in [5.74, 6) is 1.60. The van der Waals surface area contributed by atoms with Crippen LogP contribution in [0.3, 0.4) is 0 Å². The third-order valence-corrected chi connectivity index (χ3v) is 6.60. The lowest BCUT2D eigenvalue weighted by Gasteiger charge is -2.06. The lowest BCUT2D eigenvalue weighted by atomic mass is 10.1. The normalized spacial score (nSPS) is 11.4. The first-order valence-electron chi connectivity index (χ1n) is 13.9. The Morgan fingerprint density at radius 3 is 1.60 bits per heavy atom. The smallest absolute Gasteiger partial charge is 0.234 e.